The highest BCUT2D eigenvalue weighted by Crippen LogP contribution is 2.57. The molecule has 0 saturated heterocycles. The van der Waals surface area contributed by atoms with E-state index in [4.69, 9.17) is 4.74 Å². The fraction of sp³-hybridized carbons (Fsp3) is 0.542. The normalized spacial score (nSPS) is 26.6. The molecule has 3 aromatic rings. The van der Waals surface area contributed by atoms with Crippen molar-refractivity contribution in [3.05, 3.63) is 35.4 Å². The van der Waals surface area contributed by atoms with Gasteiger partial charge in [-0.05, 0) is 57.3 Å². The molecule has 7 rings (SSSR count). The lowest BCUT2D eigenvalue weighted by molar-refractivity contribution is -0.0506. The fourth-order valence-corrected chi connectivity index (χ4v) is 5.74. The van der Waals surface area contributed by atoms with E-state index in [0.29, 0.717) is 41.5 Å². The number of imidazole rings is 1. The van der Waals surface area contributed by atoms with E-state index in [1.54, 1.807) is 16.8 Å². The quantitative estimate of drug-likeness (QED) is 0.387. The molecule has 3 aromatic heterocycles. The summed E-state index contributed by atoms with van der Waals surface area (Å²) in [6.45, 7) is 0.0206. The van der Waals surface area contributed by atoms with E-state index in [2.05, 4.69) is 36.9 Å². The van der Waals surface area contributed by atoms with Crippen LogP contribution >= 0.6 is 0 Å². The van der Waals surface area contributed by atoms with Gasteiger partial charge in [0.1, 0.15) is 17.7 Å². The lowest BCUT2D eigenvalue weighted by atomic mass is 9.50. The summed E-state index contributed by atoms with van der Waals surface area (Å²) in [6.07, 6.45) is 9.78. The number of fused-ring (bicyclic) bond motifs is 1. The van der Waals surface area contributed by atoms with E-state index in [1.165, 1.54) is 0 Å². The second kappa shape index (κ2) is 8.53. The molecule has 4 aliphatic rings. The van der Waals surface area contributed by atoms with Gasteiger partial charge in [-0.25, -0.2) is 14.8 Å². The van der Waals surface area contributed by atoms with Crippen molar-refractivity contribution in [1.82, 2.24) is 29.9 Å². The Labute approximate surface area is 201 Å². The molecule has 2 unspecified atom stereocenters. The average molecular weight is 477 g/mol. The number of aliphatic hydroxyl groups is 1. The molecule has 0 aromatic carbocycles. The Balaban J connectivity index is 1.12. The van der Waals surface area contributed by atoms with Crippen molar-refractivity contribution in [1.29, 1.82) is 5.26 Å². The molecule has 35 heavy (non-hydrogen) atoms. The number of aryl methyl sites for hydroxylation is 1. The number of alkyl carbamates (subject to hydrolysis) is 1. The van der Waals surface area contributed by atoms with Gasteiger partial charge in [0, 0.05) is 42.2 Å². The molecule has 182 valence electrons. The third kappa shape index (κ3) is 3.97. The predicted molar refractivity (Wildman–Crippen MR) is 125 cm³/mol. The van der Waals surface area contributed by atoms with Gasteiger partial charge in [-0.3, -0.25) is 9.50 Å². The standard InChI is InChI=1S/C24H28N8O3/c25-13-17-18(2-1-7-33)27-22(32-6-5-26-21(17)32)28-20-9-19(30-31-20)15-3-4-16(8-15)35-23(34)29-24-10-14(11-24)12-24/h5-6,9,14-16,33H,1-4,7-8,10-12H2,(H,29,34)(H2,27,28,30,31). The van der Waals surface area contributed by atoms with Crippen LogP contribution in [-0.4, -0.2) is 54.0 Å². The van der Waals surface area contributed by atoms with Crippen molar-refractivity contribution < 1.29 is 14.6 Å². The first kappa shape index (κ1) is 21.9. The summed E-state index contributed by atoms with van der Waals surface area (Å²) in [5, 5.41) is 32.6. The summed E-state index contributed by atoms with van der Waals surface area (Å²) in [5.41, 5.74) is 2.52. The van der Waals surface area contributed by atoms with Crippen molar-refractivity contribution in [3.8, 4) is 6.07 Å². The number of nitriles is 1. The predicted octanol–water partition coefficient (Wildman–Crippen LogP) is 2.91. The van der Waals surface area contributed by atoms with Gasteiger partial charge in [-0.2, -0.15) is 10.4 Å². The van der Waals surface area contributed by atoms with Gasteiger partial charge in [-0.15, -0.1) is 0 Å². The first-order valence-corrected chi connectivity index (χ1v) is 12.2. The van der Waals surface area contributed by atoms with Gasteiger partial charge < -0.3 is 20.5 Å². The van der Waals surface area contributed by atoms with Crippen LogP contribution in [0.1, 0.15) is 67.8 Å². The Bertz CT molecular complexity index is 1290. The second-order valence-electron chi connectivity index (χ2n) is 10.1. The second-order valence-corrected chi connectivity index (χ2v) is 10.1. The summed E-state index contributed by atoms with van der Waals surface area (Å²) in [4.78, 5) is 21.2. The molecule has 0 spiro atoms. The van der Waals surface area contributed by atoms with Crippen molar-refractivity contribution >= 4 is 23.5 Å². The van der Waals surface area contributed by atoms with Crippen LogP contribution in [0, 0.1) is 17.2 Å². The van der Waals surface area contributed by atoms with Crippen LogP contribution in [-0.2, 0) is 11.2 Å². The average Bonchev–Trinajstić information content (AvgIpc) is 3.55. The number of aromatic amines is 1. The van der Waals surface area contributed by atoms with Gasteiger partial charge in [0.15, 0.2) is 11.5 Å². The molecular formula is C24H28N8O3. The topological polar surface area (TPSA) is 153 Å². The van der Waals surface area contributed by atoms with Crippen molar-refractivity contribution in [2.75, 3.05) is 11.9 Å². The van der Waals surface area contributed by atoms with Crippen LogP contribution < -0.4 is 10.6 Å². The number of hydrogen-bond acceptors (Lipinski definition) is 8. The summed E-state index contributed by atoms with van der Waals surface area (Å²) in [7, 11) is 0. The Morgan fingerprint density at radius 3 is 2.97 bits per heavy atom. The SMILES string of the molecule is N#Cc1c(CCCO)nc(Nc2cc(C3CCC(OC(=O)NC45CC(C4)C5)C3)[nH]n2)n2ccnc12. The van der Waals surface area contributed by atoms with Crippen LogP contribution in [0.2, 0.25) is 0 Å². The number of amides is 1. The molecule has 2 atom stereocenters. The minimum Gasteiger partial charge on any atom is -0.446 e. The van der Waals surface area contributed by atoms with E-state index in [-0.39, 0.29) is 30.3 Å². The third-order valence-electron chi connectivity index (χ3n) is 7.65. The molecule has 11 nitrogen and oxygen atoms in total. The zero-order valence-electron chi connectivity index (χ0n) is 19.3. The van der Waals surface area contributed by atoms with E-state index >= 15 is 0 Å². The van der Waals surface area contributed by atoms with Crippen LogP contribution in [0.3, 0.4) is 0 Å². The number of ether oxygens (including phenoxy) is 1. The van der Waals surface area contributed by atoms with Gasteiger partial charge in [0.25, 0.3) is 0 Å². The number of aromatic nitrogens is 5. The summed E-state index contributed by atoms with van der Waals surface area (Å²) in [5.74, 6) is 2.14. The molecule has 11 heteroatoms. The third-order valence-corrected chi connectivity index (χ3v) is 7.65. The van der Waals surface area contributed by atoms with Crippen molar-refractivity contribution in [2.45, 2.75) is 68.9 Å². The maximum atomic E-state index is 12.3. The smallest absolute Gasteiger partial charge is 0.407 e. The van der Waals surface area contributed by atoms with E-state index in [9.17, 15) is 15.2 Å². The van der Waals surface area contributed by atoms with Crippen molar-refractivity contribution in [3.63, 3.8) is 0 Å². The van der Waals surface area contributed by atoms with Gasteiger partial charge in [0.2, 0.25) is 5.95 Å². The Hall–Kier alpha value is -3.65. The zero-order valence-corrected chi connectivity index (χ0v) is 19.3. The number of hydrogen-bond donors (Lipinski definition) is 4. The molecule has 0 radical (unpaired) electrons. The first-order valence-electron chi connectivity index (χ1n) is 12.2. The van der Waals surface area contributed by atoms with Crippen LogP contribution in [0.25, 0.3) is 5.65 Å². The van der Waals surface area contributed by atoms with E-state index in [0.717, 1.165) is 50.1 Å². The lowest BCUT2D eigenvalue weighted by Gasteiger charge is -2.61. The molecule has 0 aliphatic heterocycles. The van der Waals surface area contributed by atoms with Gasteiger partial charge in [0.05, 0.1) is 5.69 Å². The number of nitrogens with zero attached hydrogens (tertiary/aromatic N) is 5. The summed E-state index contributed by atoms with van der Waals surface area (Å²) < 4.78 is 7.43. The number of anilines is 2. The molecule has 4 aliphatic carbocycles. The number of aliphatic hydroxyl groups excluding tert-OH is 1. The Kier molecular flexibility index (Phi) is 5.33. The number of carbonyl (C=O) groups is 1. The first-order chi connectivity index (χ1) is 17.1. The van der Waals surface area contributed by atoms with Crippen LogP contribution in [0.5, 0.6) is 0 Å². The molecule has 3 heterocycles. The largest absolute Gasteiger partial charge is 0.446 e. The molecule has 4 saturated carbocycles. The van der Waals surface area contributed by atoms with Crippen molar-refractivity contribution in [2.24, 2.45) is 5.92 Å². The molecule has 4 fully saturated rings. The highest BCUT2D eigenvalue weighted by molar-refractivity contribution is 5.69. The van der Waals surface area contributed by atoms with E-state index in [1.807, 2.05) is 6.07 Å². The van der Waals surface area contributed by atoms with E-state index < -0.39 is 0 Å². The minimum absolute atomic E-state index is 0.0206. The number of rotatable bonds is 8. The van der Waals surface area contributed by atoms with Crippen LogP contribution in [0.15, 0.2) is 18.5 Å². The number of nitrogens with one attached hydrogen (secondary N) is 3. The van der Waals surface area contributed by atoms with Gasteiger partial charge in [-0.1, -0.05) is 0 Å². The minimum atomic E-state index is -0.283. The summed E-state index contributed by atoms with van der Waals surface area (Å²) in [6, 6.07) is 4.14. The molecule has 1 amide bonds. The number of carbonyl (C=O) groups excluding carboxylic acids is 1. The highest BCUT2D eigenvalue weighted by Gasteiger charge is 2.57. The Morgan fingerprint density at radius 2 is 2.23 bits per heavy atom. The molecular weight excluding hydrogens is 448 g/mol. The zero-order chi connectivity index (χ0) is 24.0. The van der Waals surface area contributed by atoms with Crippen LogP contribution in [0.4, 0.5) is 16.6 Å². The highest BCUT2D eigenvalue weighted by atomic mass is 16.6. The Morgan fingerprint density at radius 1 is 1.37 bits per heavy atom. The summed E-state index contributed by atoms with van der Waals surface area (Å²) >= 11 is 0. The maximum absolute atomic E-state index is 12.3. The molecule has 4 N–H and O–H groups in total. The lowest BCUT2D eigenvalue weighted by Crippen LogP contribution is -2.68. The monoisotopic (exact) mass is 476 g/mol. The fourth-order valence-electron chi connectivity index (χ4n) is 5.74. The molecule has 2 bridgehead atoms. The number of H-pyrrole nitrogens is 1. The maximum Gasteiger partial charge on any atom is 0.407 e. The van der Waals surface area contributed by atoms with Gasteiger partial charge >= 0.3 is 6.09 Å².